The van der Waals surface area contributed by atoms with Gasteiger partial charge in [0.15, 0.2) is 5.13 Å². The summed E-state index contributed by atoms with van der Waals surface area (Å²) in [6, 6.07) is 7.56. The third kappa shape index (κ3) is 11.9. The van der Waals surface area contributed by atoms with Gasteiger partial charge in [0.25, 0.3) is 0 Å². The number of benzene rings is 1. The van der Waals surface area contributed by atoms with Crippen LogP contribution in [0.1, 0.15) is 77.6 Å². The van der Waals surface area contributed by atoms with Crippen LogP contribution in [0, 0.1) is 5.92 Å². The molecule has 3 aliphatic rings. The van der Waals surface area contributed by atoms with Crippen LogP contribution >= 0.6 is 11.3 Å². The van der Waals surface area contributed by atoms with Crippen molar-refractivity contribution in [1.82, 2.24) is 41.0 Å². The summed E-state index contributed by atoms with van der Waals surface area (Å²) in [6.07, 6.45) is 7.87. The van der Waals surface area contributed by atoms with E-state index in [4.69, 9.17) is 0 Å². The Morgan fingerprint density at radius 3 is 2.11 bits per heavy atom. The predicted octanol–water partition coefficient (Wildman–Crippen LogP) is 3.58. The highest BCUT2D eigenvalue weighted by molar-refractivity contribution is 7.20. The number of thiazole rings is 1. The fourth-order valence-corrected chi connectivity index (χ4v) is 8.41. The quantitative estimate of drug-likeness (QED) is 0.139. The Hall–Kier alpha value is -4.77. The molecule has 0 bridgehead atoms. The number of likely N-dealkylation sites (N-methyl/N-ethyl adjacent to an activating group) is 1. The third-order valence-electron chi connectivity index (χ3n) is 10.5. The lowest BCUT2D eigenvalue weighted by Crippen LogP contribution is -2.58. The Bertz CT molecular complexity index is 1640. The van der Waals surface area contributed by atoms with Crippen LogP contribution in [0.4, 0.5) is 19.7 Å². The minimum absolute atomic E-state index is 0.0172. The number of hydrogen-bond acceptors (Lipinski definition) is 9. The highest BCUT2D eigenvalue weighted by Gasteiger charge is 2.42. The van der Waals surface area contributed by atoms with E-state index in [1.165, 1.54) is 17.8 Å². The molecule has 8 amide bonds. The minimum atomic E-state index is -0.863. The number of nitrogens with one attached hydrogen (secondary N) is 6. The lowest BCUT2D eigenvalue weighted by Gasteiger charge is -2.38. The number of amides is 8. The minimum Gasteiger partial charge on any atom is -0.343 e. The number of carbonyl (C=O) groups excluding carboxylic acids is 6. The molecule has 56 heavy (non-hydrogen) atoms. The van der Waals surface area contributed by atoms with Gasteiger partial charge in [-0.25, -0.2) is 14.6 Å². The van der Waals surface area contributed by atoms with Gasteiger partial charge in [-0.3, -0.25) is 19.2 Å². The van der Waals surface area contributed by atoms with Crippen LogP contribution in [-0.4, -0.2) is 127 Å². The van der Waals surface area contributed by atoms with Crippen molar-refractivity contribution in [2.75, 3.05) is 70.0 Å². The van der Waals surface area contributed by atoms with Gasteiger partial charge >= 0.3 is 12.1 Å². The summed E-state index contributed by atoms with van der Waals surface area (Å²) in [6.45, 7) is 5.81. The van der Waals surface area contributed by atoms with Gasteiger partial charge in [0, 0.05) is 57.8 Å². The highest BCUT2D eigenvalue weighted by Crippen LogP contribution is 2.37. The SMILES string of the molecule is CCCC(=O)Nc1nc(-c2ccccc2)c(NC(=O)[C@@H]2CCCN2C(=O)[C@@H](NC(=O)CNC)C2CCN(C(=O)NCCCCNC(=O)N3CCCCC3)CC2)s1. The standard InChI is InChI=1S/C39H58N10O6S/c1-3-13-30(50)44-37-45-32(27-14-6-4-7-15-27)35(56-37)46-34(52)29-16-12-23-49(29)36(53)33(43-31(51)26-40-2)28-17-24-48(25-18-28)39(55)42-20-9-8-19-41-38(54)47-21-10-5-11-22-47/h4,6-7,14-15,28-29,33,40H,3,5,8-13,16-26H2,1-2H3,(H,41,54)(H,42,55)(H,43,51)(H,46,52)(H,44,45,50)/t29-,33-/m0/s1. The van der Waals surface area contributed by atoms with Gasteiger partial charge in [-0.2, -0.15) is 0 Å². The Labute approximate surface area is 333 Å². The van der Waals surface area contributed by atoms with Crippen LogP contribution < -0.4 is 31.9 Å². The van der Waals surface area contributed by atoms with Crippen molar-refractivity contribution in [3.05, 3.63) is 30.3 Å². The molecule has 2 atom stereocenters. The zero-order chi connectivity index (χ0) is 39.9. The van der Waals surface area contributed by atoms with Gasteiger partial charge in [0.2, 0.25) is 23.6 Å². The van der Waals surface area contributed by atoms with Gasteiger partial charge in [-0.15, -0.1) is 0 Å². The van der Waals surface area contributed by atoms with E-state index in [9.17, 15) is 28.8 Å². The summed E-state index contributed by atoms with van der Waals surface area (Å²) < 4.78 is 0. The molecule has 1 aromatic heterocycles. The molecule has 0 unspecified atom stereocenters. The van der Waals surface area contributed by atoms with Crippen LogP contribution in [0.25, 0.3) is 11.3 Å². The van der Waals surface area contributed by atoms with Crippen molar-refractivity contribution in [1.29, 1.82) is 0 Å². The van der Waals surface area contributed by atoms with Crippen molar-refractivity contribution in [2.24, 2.45) is 5.92 Å². The third-order valence-corrected chi connectivity index (χ3v) is 11.4. The number of urea groups is 2. The van der Waals surface area contributed by atoms with Gasteiger partial charge in [-0.05, 0) is 77.2 Å². The Morgan fingerprint density at radius 1 is 0.804 bits per heavy atom. The molecule has 1 aromatic carbocycles. The second-order valence-electron chi connectivity index (χ2n) is 14.7. The van der Waals surface area contributed by atoms with Gasteiger partial charge in [0.05, 0.1) is 6.54 Å². The van der Waals surface area contributed by atoms with E-state index >= 15 is 0 Å². The molecule has 2 aromatic rings. The topological polar surface area (TPSA) is 197 Å². The van der Waals surface area contributed by atoms with Crippen molar-refractivity contribution in [3.63, 3.8) is 0 Å². The zero-order valence-corrected chi connectivity index (χ0v) is 33.5. The molecule has 3 aliphatic heterocycles. The number of likely N-dealkylation sites (tertiary alicyclic amines) is 3. The first-order valence-electron chi connectivity index (χ1n) is 20.2. The molecule has 16 nitrogen and oxygen atoms in total. The number of rotatable bonds is 16. The van der Waals surface area contributed by atoms with E-state index in [1.807, 2.05) is 42.2 Å². The van der Waals surface area contributed by atoms with Gasteiger partial charge in [0.1, 0.15) is 22.8 Å². The Kier molecular flexibility index (Phi) is 16.3. The molecule has 4 heterocycles. The smallest absolute Gasteiger partial charge is 0.317 e. The van der Waals surface area contributed by atoms with Crippen LogP contribution in [-0.2, 0) is 19.2 Å². The number of aromatic nitrogens is 1. The monoisotopic (exact) mass is 794 g/mol. The number of anilines is 2. The summed E-state index contributed by atoms with van der Waals surface area (Å²) in [5.74, 6) is -1.40. The van der Waals surface area contributed by atoms with Crippen LogP contribution in [0.5, 0.6) is 0 Å². The molecule has 6 N–H and O–H groups in total. The molecule has 5 rings (SSSR count). The van der Waals surface area contributed by atoms with Crippen molar-refractivity contribution < 1.29 is 28.8 Å². The average Bonchev–Trinajstić information content (AvgIpc) is 3.86. The number of unbranched alkanes of at least 4 members (excludes halogenated alkanes) is 1. The van der Waals surface area contributed by atoms with Crippen molar-refractivity contribution in [3.8, 4) is 11.3 Å². The van der Waals surface area contributed by atoms with E-state index < -0.39 is 12.1 Å². The van der Waals surface area contributed by atoms with E-state index in [0.717, 1.165) is 44.3 Å². The van der Waals surface area contributed by atoms with Gasteiger partial charge < -0.3 is 46.6 Å². The van der Waals surface area contributed by atoms with Crippen LogP contribution in [0.3, 0.4) is 0 Å². The first kappa shape index (κ1) is 42.4. The molecule has 0 spiro atoms. The average molecular weight is 795 g/mol. The summed E-state index contributed by atoms with van der Waals surface area (Å²) in [4.78, 5) is 88.6. The molecular formula is C39H58N10O6S. The van der Waals surface area contributed by atoms with E-state index in [1.54, 1.807) is 16.8 Å². The molecule has 0 radical (unpaired) electrons. The number of nitrogens with zero attached hydrogens (tertiary/aromatic N) is 4. The van der Waals surface area contributed by atoms with E-state index in [2.05, 4.69) is 36.9 Å². The second kappa shape index (κ2) is 21.5. The Morgan fingerprint density at radius 2 is 1.46 bits per heavy atom. The molecule has 0 aliphatic carbocycles. The fraction of sp³-hybridized carbons (Fsp3) is 0.615. The van der Waals surface area contributed by atoms with Crippen LogP contribution in [0.15, 0.2) is 30.3 Å². The molecular weight excluding hydrogens is 737 g/mol. The maximum atomic E-state index is 14.3. The number of carbonyl (C=O) groups is 6. The first-order valence-corrected chi connectivity index (χ1v) is 21.0. The summed E-state index contributed by atoms with van der Waals surface area (Å²) in [7, 11) is 1.66. The molecule has 17 heteroatoms. The summed E-state index contributed by atoms with van der Waals surface area (Å²) in [5.41, 5.74) is 1.30. The second-order valence-corrected chi connectivity index (χ2v) is 15.7. The van der Waals surface area contributed by atoms with Gasteiger partial charge in [-0.1, -0.05) is 48.6 Å². The highest BCUT2D eigenvalue weighted by atomic mass is 32.1. The normalized spacial score (nSPS) is 17.9. The largest absolute Gasteiger partial charge is 0.343 e. The van der Waals surface area contributed by atoms with Crippen LogP contribution in [0.2, 0.25) is 0 Å². The summed E-state index contributed by atoms with van der Waals surface area (Å²) in [5, 5.41) is 18.4. The number of hydrogen-bond donors (Lipinski definition) is 6. The zero-order valence-electron chi connectivity index (χ0n) is 32.7. The summed E-state index contributed by atoms with van der Waals surface area (Å²) >= 11 is 1.17. The molecule has 306 valence electrons. The van der Waals surface area contributed by atoms with Crippen molar-refractivity contribution in [2.45, 2.75) is 89.6 Å². The number of piperidine rings is 2. The first-order chi connectivity index (χ1) is 27.2. The molecule has 0 saturated carbocycles. The maximum absolute atomic E-state index is 14.3. The van der Waals surface area contributed by atoms with E-state index in [-0.39, 0.29) is 48.2 Å². The van der Waals surface area contributed by atoms with E-state index in [0.29, 0.717) is 87.1 Å². The molecule has 3 saturated heterocycles. The Balaban J connectivity index is 1.16. The predicted molar refractivity (Wildman–Crippen MR) is 216 cm³/mol. The molecule has 3 fully saturated rings. The lowest BCUT2D eigenvalue weighted by atomic mass is 9.88. The fourth-order valence-electron chi connectivity index (χ4n) is 7.50. The van der Waals surface area contributed by atoms with Crippen molar-refractivity contribution >= 4 is 57.2 Å². The lowest BCUT2D eigenvalue weighted by molar-refractivity contribution is -0.141. The maximum Gasteiger partial charge on any atom is 0.317 e.